The second-order valence-corrected chi connectivity index (χ2v) is 13.3. The Hall–Kier alpha value is -1.19. The maximum Gasteiger partial charge on any atom is 0.128 e. The summed E-state index contributed by atoms with van der Waals surface area (Å²) in [5, 5.41) is 21.7. The van der Waals surface area contributed by atoms with Gasteiger partial charge < -0.3 is 10.2 Å². The first-order valence-electron chi connectivity index (χ1n) is 14.5. The van der Waals surface area contributed by atoms with E-state index in [2.05, 4.69) is 33.8 Å². The molecule has 1 aromatic rings. The van der Waals surface area contributed by atoms with Crippen LogP contribution in [0.4, 0.5) is 4.39 Å². The van der Waals surface area contributed by atoms with Gasteiger partial charge in [-0.1, -0.05) is 57.5 Å². The number of hydrogen-bond donors (Lipinski definition) is 2. The van der Waals surface area contributed by atoms with E-state index in [1.54, 1.807) is 17.7 Å². The van der Waals surface area contributed by atoms with Crippen LogP contribution in [0.2, 0.25) is 0 Å². The Kier molecular flexibility index (Phi) is 6.75. The smallest absolute Gasteiger partial charge is 0.128 e. The predicted octanol–water partition coefficient (Wildman–Crippen LogP) is 8.00. The SMILES string of the molecule is CC[C@]1(O)CCC2(C)C(=CC[C@@H]3[C@@H]2CC[C@]2(C)[C@@H]([C@H](C)CC[C@H](O)c4ccccc4F)CC[C@@H]32)C1. The van der Waals surface area contributed by atoms with Crippen molar-refractivity contribution in [3.8, 4) is 0 Å². The largest absolute Gasteiger partial charge is 0.390 e. The summed E-state index contributed by atoms with van der Waals surface area (Å²) in [5.41, 5.74) is 2.17. The summed E-state index contributed by atoms with van der Waals surface area (Å²) < 4.78 is 14.1. The highest BCUT2D eigenvalue weighted by Crippen LogP contribution is 2.67. The van der Waals surface area contributed by atoms with Crippen LogP contribution in [0, 0.1) is 46.2 Å². The minimum atomic E-state index is -0.714. The lowest BCUT2D eigenvalue weighted by Gasteiger charge is -2.59. The first-order valence-corrected chi connectivity index (χ1v) is 14.5. The predicted molar refractivity (Wildman–Crippen MR) is 140 cm³/mol. The van der Waals surface area contributed by atoms with Crippen LogP contribution in [0.5, 0.6) is 0 Å². The van der Waals surface area contributed by atoms with Gasteiger partial charge in [0.15, 0.2) is 0 Å². The molecule has 4 aliphatic rings. The van der Waals surface area contributed by atoms with Gasteiger partial charge in [0.2, 0.25) is 0 Å². The maximum atomic E-state index is 14.1. The fourth-order valence-electron chi connectivity index (χ4n) is 9.51. The van der Waals surface area contributed by atoms with Gasteiger partial charge in [-0.15, -0.1) is 0 Å². The van der Waals surface area contributed by atoms with Crippen LogP contribution < -0.4 is 0 Å². The Bertz CT molecular complexity index is 957. The Balaban J connectivity index is 1.28. The van der Waals surface area contributed by atoms with Crippen LogP contribution in [0.1, 0.15) is 110 Å². The van der Waals surface area contributed by atoms with Crippen LogP contribution in [-0.2, 0) is 0 Å². The number of aliphatic hydroxyl groups is 2. The van der Waals surface area contributed by atoms with Gasteiger partial charge in [0, 0.05) is 5.56 Å². The molecule has 2 N–H and O–H groups in total. The number of benzene rings is 1. The molecule has 0 bridgehead atoms. The quantitative estimate of drug-likeness (QED) is 0.403. The van der Waals surface area contributed by atoms with E-state index in [1.165, 1.54) is 38.2 Å². The lowest BCUT2D eigenvalue weighted by molar-refractivity contribution is -0.0757. The molecule has 0 amide bonds. The van der Waals surface area contributed by atoms with Gasteiger partial charge in [-0.3, -0.25) is 0 Å². The summed E-state index contributed by atoms with van der Waals surface area (Å²) in [6.45, 7) is 9.61. The van der Waals surface area contributed by atoms with Crippen molar-refractivity contribution < 1.29 is 14.6 Å². The summed E-state index contributed by atoms with van der Waals surface area (Å²) in [6.07, 6.45) is 13.7. The van der Waals surface area contributed by atoms with Crippen molar-refractivity contribution in [3.05, 3.63) is 47.3 Å². The second kappa shape index (κ2) is 9.28. The molecule has 0 aromatic heterocycles. The average Bonchev–Trinajstić information content (AvgIpc) is 3.20. The van der Waals surface area contributed by atoms with Crippen LogP contribution in [0.3, 0.4) is 0 Å². The summed E-state index contributed by atoms with van der Waals surface area (Å²) in [5.74, 6) is 3.26. The minimum absolute atomic E-state index is 0.277. The lowest BCUT2D eigenvalue weighted by Crippen LogP contribution is -2.52. The molecule has 0 spiro atoms. The summed E-state index contributed by atoms with van der Waals surface area (Å²) in [6, 6.07) is 6.66. The molecule has 0 saturated heterocycles. The molecule has 1 unspecified atom stereocenters. The van der Waals surface area contributed by atoms with E-state index in [-0.39, 0.29) is 11.2 Å². The van der Waals surface area contributed by atoms with Crippen LogP contribution >= 0.6 is 0 Å². The molecule has 2 nitrogen and oxygen atoms in total. The Morgan fingerprint density at radius 3 is 2.54 bits per heavy atom. The zero-order chi connectivity index (χ0) is 25.0. The Morgan fingerprint density at radius 2 is 1.80 bits per heavy atom. The molecule has 194 valence electrons. The molecule has 0 heterocycles. The molecular weight excluding hydrogens is 435 g/mol. The van der Waals surface area contributed by atoms with Gasteiger partial charge in [0.05, 0.1) is 11.7 Å². The van der Waals surface area contributed by atoms with Crippen molar-refractivity contribution in [2.45, 2.75) is 110 Å². The minimum Gasteiger partial charge on any atom is -0.390 e. The molecule has 4 aliphatic carbocycles. The molecule has 0 radical (unpaired) electrons. The zero-order valence-electron chi connectivity index (χ0n) is 22.4. The zero-order valence-corrected chi connectivity index (χ0v) is 22.4. The van der Waals surface area contributed by atoms with Gasteiger partial charge in [-0.05, 0) is 117 Å². The normalized spacial score (nSPS) is 42.4. The molecule has 9 atom stereocenters. The van der Waals surface area contributed by atoms with Gasteiger partial charge in [0.1, 0.15) is 5.82 Å². The molecule has 3 saturated carbocycles. The summed E-state index contributed by atoms with van der Waals surface area (Å²) >= 11 is 0. The third-order valence-corrected chi connectivity index (χ3v) is 11.8. The van der Waals surface area contributed by atoms with E-state index in [0.717, 1.165) is 49.9 Å². The molecular formula is C32H47FO2. The van der Waals surface area contributed by atoms with E-state index in [4.69, 9.17) is 0 Å². The van der Waals surface area contributed by atoms with Gasteiger partial charge in [-0.2, -0.15) is 0 Å². The maximum absolute atomic E-state index is 14.1. The molecule has 35 heavy (non-hydrogen) atoms. The molecule has 5 rings (SSSR count). The third-order valence-electron chi connectivity index (χ3n) is 11.8. The number of fused-ring (bicyclic) bond motifs is 5. The average molecular weight is 483 g/mol. The van der Waals surface area contributed by atoms with E-state index in [9.17, 15) is 14.6 Å². The Labute approximate surface area is 212 Å². The molecule has 1 aromatic carbocycles. The second-order valence-electron chi connectivity index (χ2n) is 13.3. The van der Waals surface area contributed by atoms with Crippen molar-refractivity contribution in [1.82, 2.24) is 0 Å². The Morgan fingerprint density at radius 1 is 1.03 bits per heavy atom. The highest BCUT2D eigenvalue weighted by Gasteiger charge is 2.59. The topological polar surface area (TPSA) is 40.5 Å². The van der Waals surface area contributed by atoms with Gasteiger partial charge >= 0.3 is 0 Å². The van der Waals surface area contributed by atoms with Gasteiger partial charge in [-0.25, -0.2) is 4.39 Å². The molecule has 3 heteroatoms. The summed E-state index contributed by atoms with van der Waals surface area (Å²) in [4.78, 5) is 0. The lowest BCUT2D eigenvalue weighted by atomic mass is 9.46. The monoisotopic (exact) mass is 482 g/mol. The molecule has 0 aliphatic heterocycles. The van der Waals surface area contributed by atoms with Gasteiger partial charge in [0.25, 0.3) is 0 Å². The van der Waals surface area contributed by atoms with Crippen LogP contribution in [-0.4, -0.2) is 15.8 Å². The standard InChI is InChI=1S/C32H47FO2/c1-5-32(35)19-18-30(3)22(20-32)11-12-23-26-14-13-25(31(26,4)17-16-27(23)30)21(2)10-15-29(34)24-8-6-7-9-28(24)33/h6-9,11,21,23,25-27,29,34-35H,5,10,12-20H2,1-4H3/t21-,23+,25-,26+,27+,29+,30?,31-,32+/m1/s1. The van der Waals surface area contributed by atoms with Crippen LogP contribution in [0.25, 0.3) is 0 Å². The first-order chi connectivity index (χ1) is 16.6. The summed E-state index contributed by atoms with van der Waals surface area (Å²) in [7, 11) is 0. The van der Waals surface area contributed by atoms with E-state index < -0.39 is 11.7 Å². The van der Waals surface area contributed by atoms with Crippen LogP contribution in [0.15, 0.2) is 35.9 Å². The van der Waals surface area contributed by atoms with Crippen molar-refractivity contribution in [2.24, 2.45) is 40.4 Å². The third kappa shape index (κ3) is 4.23. The van der Waals surface area contributed by atoms with E-state index >= 15 is 0 Å². The molecule has 3 fully saturated rings. The van der Waals surface area contributed by atoms with Crippen molar-refractivity contribution in [1.29, 1.82) is 0 Å². The van der Waals surface area contributed by atoms with Crippen molar-refractivity contribution in [3.63, 3.8) is 0 Å². The number of rotatable bonds is 6. The van der Waals surface area contributed by atoms with Crippen molar-refractivity contribution in [2.75, 3.05) is 0 Å². The fraction of sp³-hybridized carbons (Fsp3) is 0.750. The van der Waals surface area contributed by atoms with Crippen molar-refractivity contribution >= 4 is 0 Å². The number of hydrogen-bond acceptors (Lipinski definition) is 2. The number of aliphatic hydroxyl groups excluding tert-OH is 1. The highest BCUT2D eigenvalue weighted by atomic mass is 19.1. The fourth-order valence-corrected chi connectivity index (χ4v) is 9.51. The first kappa shape index (κ1) is 25.5. The highest BCUT2D eigenvalue weighted by molar-refractivity contribution is 5.27. The van der Waals surface area contributed by atoms with E-state index in [1.807, 2.05) is 6.07 Å². The number of allylic oxidation sites excluding steroid dienone is 1. The van der Waals surface area contributed by atoms with E-state index in [0.29, 0.717) is 29.2 Å². The number of halogens is 1.